The zero-order chi connectivity index (χ0) is 18.1. The molecule has 1 N–H and O–H groups in total. The average molecular weight is 370 g/mol. The highest BCUT2D eigenvalue weighted by Crippen LogP contribution is 2.16. The summed E-state index contributed by atoms with van der Waals surface area (Å²) in [5.74, 6) is -0.178. The first-order chi connectivity index (χ1) is 12.5. The van der Waals surface area contributed by atoms with Crippen molar-refractivity contribution >= 4 is 26.8 Å². The van der Waals surface area contributed by atoms with Gasteiger partial charge in [-0.15, -0.1) is 0 Å². The molecule has 0 bridgehead atoms. The molecule has 26 heavy (non-hydrogen) atoms. The van der Waals surface area contributed by atoms with Crippen LogP contribution in [-0.4, -0.2) is 46.6 Å². The van der Waals surface area contributed by atoms with E-state index in [9.17, 15) is 13.2 Å². The van der Waals surface area contributed by atoms with Gasteiger partial charge in [0.2, 0.25) is 0 Å². The quantitative estimate of drug-likeness (QED) is 0.749. The maximum Gasteiger partial charge on any atom is 0.253 e. The molecule has 7 nitrogen and oxygen atoms in total. The van der Waals surface area contributed by atoms with Crippen molar-refractivity contribution in [1.82, 2.24) is 20.1 Å². The number of carbonyl (C=O) groups is 1. The lowest BCUT2D eigenvalue weighted by molar-refractivity contribution is 0.0941. The number of hydrogen-bond acceptors (Lipinski definition) is 5. The van der Waals surface area contributed by atoms with Crippen LogP contribution in [0.15, 0.2) is 48.8 Å². The normalized spacial score (nSPS) is 18.8. The van der Waals surface area contributed by atoms with Gasteiger partial charge >= 0.3 is 0 Å². The molecule has 8 heteroatoms. The summed E-state index contributed by atoms with van der Waals surface area (Å²) in [7, 11) is -3.03. The Hall–Kier alpha value is -2.74. The number of amides is 1. The molecule has 1 fully saturated rings. The highest BCUT2D eigenvalue weighted by atomic mass is 32.2. The number of nitrogens with zero attached hydrogens (tertiary/aromatic N) is 3. The fourth-order valence-corrected chi connectivity index (χ4v) is 4.82. The molecular formula is C18H18N4O3S. The number of hydrogen-bond donors (Lipinski definition) is 1. The van der Waals surface area contributed by atoms with Crippen LogP contribution < -0.4 is 5.32 Å². The number of nitrogens with one attached hydrogen (secondary N) is 1. The summed E-state index contributed by atoms with van der Waals surface area (Å²) in [4.78, 5) is 16.8. The van der Waals surface area contributed by atoms with Crippen molar-refractivity contribution < 1.29 is 13.2 Å². The summed E-state index contributed by atoms with van der Waals surface area (Å²) in [5.41, 5.74) is 2.22. The summed E-state index contributed by atoms with van der Waals surface area (Å²) >= 11 is 0. The standard InChI is InChI=1S/C18H18N4O3S/c23-18(21-16-6-7-26(24,25)12-16)15-8-14-10-20-22(17(14)19-9-15)11-13-4-2-1-3-5-13/h1-5,8-10,16H,6-7,11-12H2,(H,21,23). The highest BCUT2D eigenvalue weighted by molar-refractivity contribution is 7.91. The van der Waals surface area contributed by atoms with Crippen LogP contribution in [0.25, 0.3) is 11.0 Å². The van der Waals surface area contributed by atoms with E-state index < -0.39 is 9.84 Å². The van der Waals surface area contributed by atoms with E-state index >= 15 is 0 Å². The van der Waals surface area contributed by atoms with Crippen LogP contribution in [0, 0.1) is 0 Å². The second kappa shape index (κ2) is 6.53. The zero-order valence-electron chi connectivity index (χ0n) is 14.0. The fourth-order valence-electron chi connectivity index (χ4n) is 3.15. The fraction of sp³-hybridized carbons (Fsp3) is 0.278. The third-order valence-electron chi connectivity index (χ3n) is 4.48. The summed E-state index contributed by atoms with van der Waals surface area (Å²) in [6, 6.07) is 11.3. The molecule has 1 amide bonds. The molecule has 0 spiro atoms. The Morgan fingerprint density at radius 1 is 1.23 bits per heavy atom. The van der Waals surface area contributed by atoms with Gasteiger partial charge in [0.15, 0.2) is 15.5 Å². The molecule has 3 aromatic rings. The smallest absolute Gasteiger partial charge is 0.253 e. The van der Waals surface area contributed by atoms with E-state index in [-0.39, 0.29) is 23.5 Å². The number of pyridine rings is 1. The first-order valence-corrected chi connectivity index (χ1v) is 10.2. The van der Waals surface area contributed by atoms with Gasteiger partial charge in [-0.1, -0.05) is 30.3 Å². The monoisotopic (exact) mass is 370 g/mol. The molecule has 1 aliphatic rings. The van der Waals surface area contributed by atoms with Gasteiger partial charge in [0.1, 0.15) is 0 Å². The number of benzene rings is 1. The molecule has 0 aliphatic carbocycles. The van der Waals surface area contributed by atoms with E-state index in [0.717, 1.165) is 10.9 Å². The summed E-state index contributed by atoms with van der Waals surface area (Å²) in [6.07, 6.45) is 3.64. The van der Waals surface area contributed by atoms with E-state index in [4.69, 9.17) is 0 Å². The molecule has 1 atom stereocenters. The molecule has 4 rings (SSSR count). The Morgan fingerprint density at radius 2 is 2.04 bits per heavy atom. The van der Waals surface area contributed by atoms with Crippen molar-refractivity contribution in [1.29, 1.82) is 0 Å². The van der Waals surface area contributed by atoms with Gasteiger partial charge in [-0.2, -0.15) is 5.10 Å². The van der Waals surface area contributed by atoms with Crippen molar-refractivity contribution in [2.45, 2.75) is 19.0 Å². The number of rotatable bonds is 4. The van der Waals surface area contributed by atoms with E-state index in [1.165, 1.54) is 6.20 Å². The van der Waals surface area contributed by atoms with Crippen molar-refractivity contribution in [3.63, 3.8) is 0 Å². The molecule has 0 radical (unpaired) electrons. The van der Waals surface area contributed by atoms with E-state index in [2.05, 4.69) is 15.4 Å². The Kier molecular flexibility index (Phi) is 4.20. The second-order valence-corrected chi connectivity index (χ2v) is 8.73. The first-order valence-electron chi connectivity index (χ1n) is 8.37. The Bertz CT molecular complexity index is 1060. The van der Waals surface area contributed by atoms with Crippen LogP contribution in [0.4, 0.5) is 0 Å². The van der Waals surface area contributed by atoms with Crippen molar-refractivity contribution in [2.75, 3.05) is 11.5 Å². The van der Waals surface area contributed by atoms with Crippen molar-refractivity contribution in [3.05, 3.63) is 59.9 Å². The van der Waals surface area contributed by atoms with E-state index in [0.29, 0.717) is 24.2 Å². The van der Waals surface area contributed by atoms with Crippen LogP contribution in [0.1, 0.15) is 22.3 Å². The molecule has 134 valence electrons. The lowest BCUT2D eigenvalue weighted by atomic mass is 10.2. The molecule has 3 heterocycles. The molecule has 2 aromatic heterocycles. The van der Waals surface area contributed by atoms with Gasteiger partial charge in [-0.3, -0.25) is 4.79 Å². The molecule has 1 aromatic carbocycles. The number of carbonyl (C=O) groups excluding carboxylic acids is 1. The van der Waals surface area contributed by atoms with Crippen LogP contribution in [0.2, 0.25) is 0 Å². The Balaban J connectivity index is 1.52. The van der Waals surface area contributed by atoms with E-state index in [1.54, 1.807) is 16.9 Å². The SMILES string of the molecule is O=C(NC1CCS(=O)(=O)C1)c1cnc2c(cnn2Cc2ccccc2)c1. The third kappa shape index (κ3) is 3.45. The summed E-state index contributed by atoms with van der Waals surface area (Å²) < 4.78 is 24.8. The summed E-state index contributed by atoms with van der Waals surface area (Å²) in [6.45, 7) is 0.600. The van der Waals surface area contributed by atoms with Crippen LogP contribution in [0.3, 0.4) is 0 Å². The van der Waals surface area contributed by atoms with Gasteiger partial charge in [-0.05, 0) is 18.1 Å². The first kappa shape index (κ1) is 16.7. The predicted octanol–water partition coefficient (Wildman–Crippen LogP) is 1.40. The van der Waals surface area contributed by atoms with Gasteiger partial charge in [-0.25, -0.2) is 18.1 Å². The van der Waals surface area contributed by atoms with Crippen molar-refractivity contribution in [2.24, 2.45) is 0 Å². The minimum Gasteiger partial charge on any atom is -0.348 e. The van der Waals surface area contributed by atoms with E-state index in [1.807, 2.05) is 30.3 Å². The second-order valence-electron chi connectivity index (χ2n) is 6.50. The van der Waals surface area contributed by atoms with Crippen LogP contribution in [-0.2, 0) is 16.4 Å². The lowest BCUT2D eigenvalue weighted by Gasteiger charge is -2.10. The predicted molar refractivity (Wildman–Crippen MR) is 97.6 cm³/mol. The Labute approximate surface area is 151 Å². The van der Waals surface area contributed by atoms with Crippen molar-refractivity contribution in [3.8, 4) is 0 Å². The molecule has 1 unspecified atom stereocenters. The maximum absolute atomic E-state index is 12.4. The molecule has 1 aliphatic heterocycles. The highest BCUT2D eigenvalue weighted by Gasteiger charge is 2.29. The van der Waals surface area contributed by atoms with Gasteiger partial charge < -0.3 is 5.32 Å². The number of sulfone groups is 1. The minimum atomic E-state index is -3.03. The molecule has 1 saturated heterocycles. The largest absolute Gasteiger partial charge is 0.348 e. The zero-order valence-corrected chi connectivity index (χ0v) is 14.8. The number of fused-ring (bicyclic) bond motifs is 1. The molecule has 0 saturated carbocycles. The van der Waals surface area contributed by atoms with Crippen LogP contribution >= 0.6 is 0 Å². The third-order valence-corrected chi connectivity index (χ3v) is 6.25. The number of aromatic nitrogens is 3. The summed E-state index contributed by atoms with van der Waals surface area (Å²) in [5, 5.41) is 7.90. The molecular weight excluding hydrogens is 352 g/mol. The lowest BCUT2D eigenvalue weighted by Crippen LogP contribution is -2.35. The van der Waals surface area contributed by atoms with Gasteiger partial charge in [0, 0.05) is 17.6 Å². The van der Waals surface area contributed by atoms with Gasteiger partial charge in [0.25, 0.3) is 5.91 Å². The Morgan fingerprint density at radius 3 is 2.77 bits per heavy atom. The topological polar surface area (TPSA) is 93.9 Å². The minimum absolute atomic E-state index is 0.00339. The maximum atomic E-state index is 12.4. The van der Waals surface area contributed by atoms with Crippen LogP contribution in [0.5, 0.6) is 0 Å². The van der Waals surface area contributed by atoms with Gasteiger partial charge in [0.05, 0.1) is 29.8 Å². The average Bonchev–Trinajstić information content (AvgIpc) is 3.18.